The maximum absolute atomic E-state index is 6.86. The smallest absolute Gasteiger partial charge is 0.167 e. The summed E-state index contributed by atoms with van der Waals surface area (Å²) in [4.78, 5) is 15.2. The standard InChI is InChI=1S/C51H31N5O/c1-4-16-32(17-5-1)49-52-50(33-18-6-2-7-19-33)54-51(53-49)38-28-29-43(47-37-24-12-15-27-46(37)57-48(38)47)56-42-26-14-11-23-36(42)40-30-44-39(31-45(40)56)35-22-10-13-25-41(35)55(44)34-20-8-3-9-21-34/h1-31H. The molecule has 4 heterocycles. The maximum atomic E-state index is 6.86. The third-order valence-electron chi connectivity index (χ3n) is 11.2. The molecule has 57 heavy (non-hydrogen) atoms. The topological polar surface area (TPSA) is 61.7 Å². The van der Waals surface area contributed by atoms with E-state index in [1.54, 1.807) is 0 Å². The molecule has 12 rings (SSSR count). The molecule has 6 heteroatoms. The van der Waals surface area contributed by atoms with E-state index in [1.807, 2.05) is 72.8 Å². The molecule has 0 saturated heterocycles. The number of aromatic nitrogens is 5. The van der Waals surface area contributed by atoms with Crippen molar-refractivity contribution in [2.75, 3.05) is 0 Å². The zero-order valence-corrected chi connectivity index (χ0v) is 30.5. The van der Waals surface area contributed by atoms with Gasteiger partial charge >= 0.3 is 0 Å². The summed E-state index contributed by atoms with van der Waals surface area (Å²) >= 11 is 0. The lowest BCUT2D eigenvalue weighted by atomic mass is 10.1. The first-order valence-corrected chi connectivity index (χ1v) is 19.1. The highest BCUT2D eigenvalue weighted by Gasteiger charge is 2.24. The van der Waals surface area contributed by atoms with Crippen LogP contribution in [0.3, 0.4) is 0 Å². The zero-order valence-electron chi connectivity index (χ0n) is 30.5. The van der Waals surface area contributed by atoms with Crippen LogP contribution in [-0.4, -0.2) is 24.1 Å². The van der Waals surface area contributed by atoms with Crippen molar-refractivity contribution in [3.05, 3.63) is 188 Å². The van der Waals surface area contributed by atoms with Gasteiger partial charge in [0.15, 0.2) is 17.5 Å². The Labute approximate surface area is 326 Å². The number of benzene rings is 8. The summed E-state index contributed by atoms with van der Waals surface area (Å²) in [6.45, 7) is 0. The normalized spacial score (nSPS) is 11.9. The van der Waals surface area contributed by atoms with Crippen molar-refractivity contribution in [3.8, 4) is 45.5 Å². The lowest BCUT2D eigenvalue weighted by molar-refractivity contribution is 0.669. The lowest BCUT2D eigenvalue weighted by Gasteiger charge is -2.13. The van der Waals surface area contributed by atoms with Gasteiger partial charge in [0.05, 0.1) is 38.7 Å². The molecule has 0 aliphatic rings. The van der Waals surface area contributed by atoms with E-state index in [2.05, 4.69) is 124 Å². The van der Waals surface area contributed by atoms with Gasteiger partial charge < -0.3 is 13.6 Å². The van der Waals surface area contributed by atoms with Gasteiger partial charge in [0.1, 0.15) is 11.2 Å². The minimum Gasteiger partial charge on any atom is -0.455 e. The molecule has 12 aromatic rings. The highest BCUT2D eigenvalue weighted by molar-refractivity contribution is 6.21. The fourth-order valence-corrected chi connectivity index (χ4v) is 8.65. The summed E-state index contributed by atoms with van der Waals surface area (Å²) in [5, 5.41) is 6.80. The van der Waals surface area contributed by atoms with Crippen molar-refractivity contribution in [1.29, 1.82) is 0 Å². The van der Waals surface area contributed by atoms with E-state index in [1.165, 1.54) is 32.6 Å². The number of nitrogens with zero attached hydrogens (tertiary/aromatic N) is 5. The van der Waals surface area contributed by atoms with Gasteiger partial charge in [-0.2, -0.15) is 0 Å². The van der Waals surface area contributed by atoms with Gasteiger partial charge in [-0.05, 0) is 54.6 Å². The summed E-state index contributed by atoms with van der Waals surface area (Å²) in [6.07, 6.45) is 0. The van der Waals surface area contributed by atoms with Gasteiger partial charge in [0, 0.05) is 43.7 Å². The number of furan rings is 1. The van der Waals surface area contributed by atoms with Crippen LogP contribution in [0, 0.1) is 0 Å². The van der Waals surface area contributed by atoms with Crippen LogP contribution < -0.4 is 0 Å². The predicted octanol–water partition coefficient (Wildman–Crippen LogP) is 13.0. The van der Waals surface area contributed by atoms with Crippen LogP contribution in [0.5, 0.6) is 0 Å². The predicted molar refractivity (Wildman–Crippen MR) is 232 cm³/mol. The van der Waals surface area contributed by atoms with E-state index in [0.717, 1.165) is 61.0 Å². The Bertz CT molecular complexity index is 3450. The van der Waals surface area contributed by atoms with Crippen LogP contribution >= 0.6 is 0 Å². The summed E-state index contributed by atoms with van der Waals surface area (Å²) in [7, 11) is 0. The Balaban J connectivity index is 1.17. The SMILES string of the molecule is c1ccc(-c2nc(-c3ccccc3)nc(-c3ccc(-n4c5ccccc5c5cc6c(cc54)c4ccccc4n6-c4ccccc4)c4c3oc3ccccc34)n2)cc1. The van der Waals surface area contributed by atoms with E-state index in [0.29, 0.717) is 17.5 Å². The quantitative estimate of drug-likeness (QED) is 0.177. The Kier molecular flexibility index (Phi) is 6.83. The van der Waals surface area contributed by atoms with E-state index in [4.69, 9.17) is 19.4 Å². The number of fused-ring (bicyclic) bond motifs is 9. The molecule has 0 N–H and O–H groups in total. The minimum absolute atomic E-state index is 0.552. The number of hydrogen-bond acceptors (Lipinski definition) is 4. The maximum Gasteiger partial charge on any atom is 0.167 e. The Morgan fingerprint density at radius 3 is 1.49 bits per heavy atom. The van der Waals surface area contributed by atoms with Gasteiger partial charge in [-0.1, -0.05) is 133 Å². The molecule has 0 aliphatic heterocycles. The third-order valence-corrected chi connectivity index (χ3v) is 11.2. The van der Waals surface area contributed by atoms with Crippen molar-refractivity contribution in [3.63, 3.8) is 0 Å². The minimum atomic E-state index is 0.552. The number of para-hydroxylation sites is 4. The van der Waals surface area contributed by atoms with Crippen molar-refractivity contribution in [1.82, 2.24) is 24.1 Å². The average Bonchev–Trinajstić information content (AvgIpc) is 3.94. The molecule has 0 bridgehead atoms. The largest absolute Gasteiger partial charge is 0.455 e. The van der Waals surface area contributed by atoms with E-state index in [9.17, 15) is 0 Å². The van der Waals surface area contributed by atoms with Crippen molar-refractivity contribution in [2.24, 2.45) is 0 Å². The van der Waals surface area contributed by atoms with Crippen LogP contribution in [0.4, 0.5) is 0 Å². The van der Waals surface area contributed by atoms with E-state index in [-0.39, 0.29) is 0 Å². The first kappa shape index (κ1) is 31.5. The number of rotatable bonds is 5. The molecule has 6 nitrogen and oxygen atoms in total. The first-order chi connectivity index (χ1) is 28.3. The van der Waals surface area contributed by atoms with E-state index >= 15 is 0 Å². The zero-order chi connectivity index (χ0) is 37.5. The second-order valence-electron chi connectivity index (χ2n) is 14.4. The molecule has 0 atom stereocenters. The number of hydrogen-bond donors (Lipinski definition) is 0. The highest BCUT2D eigenvalue weighted by Crippen LogP contribution is 2.44. The molecule has 0 aliphatic carbocycles. The monoisotopic (exact) mass is 729 g/mol. The Morgan fingerprint density at radius 1 is 0.368 bits per heavy atom. The van der Waals surface area contributed by atoms with Crippen LogP contribution in [0.25, 0.3) is 111 Å². The molecule has 0 fully saturated rings. The molecule has 0 amide bonds. The summed E-state index contributed by atoms with van der Waals surface area (Å²) in [5.74, 6) is 1.76. The fourth-order valence-electron chi connectivity index (χ4n) is 8.65. The summed E-state index contributed by atoms with van der Waals surface area (Å²) in [6, 6.07) is 65.5. The van der Waals surface area contributed by atoms with Gasteiger partial charge in [-0.25, -0.2) is 15.0 Å². The molecule has 0 unspecified atom stereocenters. The molecular formula is C51H31N5O. The van der Waals surface area contributed by atoms with Gasteiger partial charge in [0.25, 0.3) is 0 Å². The van der Waals surface area contributed by atoms with Crippen molar-refractivity contribution < 1.29 is 4.42 Å². The van der Waals surface area contributed by atoms with Crippen molar-refractivity contribution >= 4 is 65.6 Å². The van der Waals surface area contributed by atoms with Crippen LogP contribution in [0.1, 0.15) is 0 Å². The lowest BCUT2D eigenvalue weighted by Crippen LogP contribution is -2.01. The third kappa shape index (κ3) is 4.81. The van der Waals surface area contributed by atoms with Gasteiger partial charge in [-0.15, -0.1) is 0 Å². The second kappa shape index (κ2) is 12.3. The fraction of sp³-hybridized carbons (Fsp3) is 0. The molecular weight excluding hydrogens is 699 g/mol. The second-order valence-corrected chi connectivity index (χ2v) is 14.4. The van der Waals surface area contributed by atoms with Crippen LogP contribution in [0.15, 0.2) is 192 Å². The Morgan fingerprint density at radius 2 is 0.860 bits per heavy atom. The van der Waals surface area contributed by atoms with Crippen LogP contribution in [0.2, 0.25) is 0 Å². The van der Waals surface area contributed by atoms with Gasteiger partial charge in [0.2, 0.25) is 0 Å². The molecule has 266 valence electrons. The molecule has 0 radical (unpaired) electrons. The molecule has 4 aromatic heterocycles. The van der Waals surface area contributed by atoms with Gasteiger partial charge in [-0.3, -0.25) is 0 Å². The average molecular weight is 730 g/mol. The highest BCUT2D eigenvalue weighted by atomic mass is 16.3. The Hall–Kier alpha value is -7.83. The summed E-state index contributed by atoms with van der Waals surface area (Å²) < 4.78 is 11.6. The van der Waals surface area contributed by atoms with E-state index < -0.39 is 0 Å². The molecule has 0 spiro atoms. The summed E-state index contributed by atoms with van der Waals surface area (Å²) in [5.41, 5.74) is 10.9. The molecule has 0 saturated carbocycles. The van der Waals surface area contributed by atoms with Crippen LogP contribution in [-0.2, 0) is 0 Å². The first-order valence-electron chi connectivity index (χ1n) is 19.1. The molecule has 8 aromatic carbocycles. The van der Waals surface area contributed by atoms with Crippen molar-refractivity contribution in [2.45, 2.75) is 0 Å².